The molecule has 1 N–H and O–H groups in total. The first-order valence-corrected chi connectivity index (χ1v) is 4.49. The Bertz CT molecular complexity index is 416. The highest BCUT2D eigenvalue weighted by Gasteiger charge is 2.24. The van der Waals surface area contributed by atoms with Crippen LogP contribution in [0.3, 0.4) is 0 Å². The van der Waals surface area contributed by atoms with Crippen LogP contribution in [0.25, 0.3) is 0 Å². The van der Waals surface area contributed by atoms with E-state index in [0.29, 0.717) is 17.9 Å². The summed E-state index contributed by atoms with van der Waals surface area (Å²) < 4.78 is 1.44. The molecule has 0 spiro atoms. The van der Waals surface area contributed by atoms with E-state index in [1.165, 1.54) is 4.68 Å². The number of hydrogen-bond acceptors (Lipinski definition) is 4. The Balaban J connectivity index is 3.17. The van der Waals surface area contributed by atoms with Gasteiger partial charge in [0.05, 0.1) is 11.5 Å². The summed E-state index contributed by atoms with van der Waals surface area (Å²) in [6.07, 6.45) is 5.60. The van der Waals surface area contributed by atoms with Crippen LogP contribution in [0.1, 0.15) is 12.6 Å². The molecule has 0 aliphatic rings. The normalized spacial score (nSPS) is 9.67. The van der Waals surface area contributed by atoms with Gasteiger partial charge in [-0.3, -0.25) is 10.1 Å². The smallest absolute Gasteiger partial charge is 0.334 e. The zero-order valence-electron chi connectivity index (χ0n) is 8.65. The number of nitro groups is 1. The van der Waals surface area contributed by atoms with Crippen molar-refractivity contribution in [2.75, 3.05) is 11.9 Å². The van der Waals surface area contributed by atoms with Crippen LogP contribution in [0, 0.1) is 22.5 Å². The third kappa shape index (κ3) is 2.07. The maximum atomic E-state index is 10.8. The molecule has 6 heteroatoms. The maximum absolute atomic E-state index is 10.8. The third-order valence-electron chi connectivity index (χ3n) is 1.97. The van der Waals surface area contributed by atoms with Crippen LogP contribution in [-0.4, -0.2) is 21.2 Å². The Morgan fingerprint density at radius 3 is 2.87 bits per heavy atom. The van der Waals surface area contributed by atoms with Crippen molar-refractivity contribution in [3.05, 3.63) is 15.8 Å². The number of nitrogens with one attached hydrogen (secondary N) is 1. The van der Waals surface area contributed by atoms with E-state index in [1.54, 1.807) is 7.05 Å². The predicted molar refractivity (Wildman–Crippen MR) is 56.6 cm³/mol. The van der Waals surface area contributed by atoms with Crippen LogP contribution in [0.2, 0.25) is 0 Å². The van der Waals surface area contributed by atoms with E-state index in [9.17, 15) is 10.1 Å². The van der Waals surface area contributed by atoms with E-state index < -0.39 is 4.92 Å². The molecule has 0 aliphatic heterocycles. The largest absolute Gasteiger partial charge is 0.354 e. The van der Waals surface area contributed by atoms with Crippen molar-refractivity contribution in [3.63, 3.8) is 0 Å². The second-order valence-electron chi connectivity index (χ2n) is 2.94. The number of aromatic nitrogens is 2. The number of rotatable bonds is 4. The number of aryl methyl sites for hydroxylation is 2. The summed E-state index contributed by atoms with van der Waals surface area (Å²) in [7, 11) is 1.64. The molecule has 1 aromatic rings. The van der Waals surface area contributed by atoms with Gasteiger partial charge in [-0.1, -0.05) is 12.8 Å². The molecule has 0 aromatic carbocycles. The lowest BCUT2D eigenvalue weighted by molar-refractivity contribution is -0.384. The van der Waals surface area contributed by atoms with Crippen LogP contribution in [0.4, 0.5) is 11.5 Å². The molecule has 0 saturated carbocycles. The van der Waals surface area contributed by atoms with Gasteiger partial charge in [0.1, 0.15) is 5.69 Å². The summed E-state index contributed by atoms with van der Waals surface area (Å²) in [5.74, 6) is 2.72. The molecule has 0 radical (unpaired) electrons. The molecule has 1 heterocycles. The van der Waals surface area contributed by atoms with E-state index in [-0.39, 0.29) is 12.2 Å². The highest BCUT2D eigenvalue weighted by molar-refractivity contribution is 5.60. The lowest BCUT2D eigenvalue weighted by Crippen LogP contribution is -2.06. The molecule has 80 valence electrons. The average Bonchev–Trinajstić information content (AvgIpc) is 2.52. The highest BCUT2D eigenvalue weighted by atomic mass is 16.6. The Morgan fingerprint density at radius 1 is 1.73 bits per heavy atom. The van der Waals surface area contributed by atoms with Crippen molar-refractivity contribution >= 4 is 11.5 Å². The van der Waals surface area contributed by atoms with Gasteiger partial charge < -0.3 is 5.32 Å². The molecule has 0 unspecified atom stereocenters. The molecule has 0 saturated heterocycles. The van der Waals surface area contributed by atoms with E-state index >= 15 is 0 Å². The molecule has 0 bridgehead atoms. The quantitative estimate of drug-likeness (QED) is 0.454. The highest BCUT2D eigenvalue weighted by Crippen LogP contribution is 2.27. The average molecular weight is 208 g/mol. The lowest BCUT2D eigenvalue weighted by atomic mass is 10.3. The minimum absolute atomic E-state index is 0.00949. The van der Waals surface area contributed by atoms with Gasteiger partial charge in [0.25, 0.3) is 0 Å². The van der Waals surface area contributed by atoms with Crippen LogP contribution in [-0.2, 0) is 13.5 Å². The van der Waals surface area contributed by atoms with Crippen molar-refractivity contribution in [2.45, 2.75) is 13.3 Å². The molecule has 0 fully saturated rings. The van der Waals surface area contributed by atoms with E-state index in [4.69, 9.17) is 6.42 Å². The fourth-order valence-electron chi connectivity index (χ4n) is 1.33. The van der Waals surface area contributed by atoms with Crippen LogP contribution in [0.15, 0.2) is 0 Å². The number of anilines is 1. The Labute approximate surface area is 87.4 Å². The molecule has 6 nitrogen and oxygen atoms in total. The second kappa shape index (κ2) is 4.46. The first-order chi connectivity index (χ1) is 7.11. The molecular formula is C9H12N4O2. The van der Waals surface area contributed by atoms with Crippen LogP contribution < -0.4 is 5.32 Å². The van der Waals surface area contributed by atoms with Crippen molar-refractivity contribution in [1.29, 1.82) is 0 Å². The third-order valence-corrected chi connectivity index (χ3v) is 1.97. The zero-order chi connectivity index (χ0) is 11.4. The van der Waals surface area contributed by atoms with Crippen molar-refractivity contribution < 1.29 is 4.92 Å². The van der Waals surface area contributed by atoms with Gasteiger partial charge in [-0.05, 0) is 6.42 Å². The maximum Gasteiger partial charge on any atom is 0.334 e. The van der Waals surface area contributed by atoms with E-state index in [0.717, 1.165) is 0 Å². The minimum Gasteiger partial charge on any atom is -0.354 e. The SMILES string of the molecule is C#CCNc1c([N+](=O)[O-])c(CC)nn1C. The molecule has 0 atom stereocenters. The first-order valence-electron chi connectivity index (χ1n) is 4.49. The number of hydrogen-bond donors (Lipinski definition) is 1. The number of terminal acetylenes is 1. The van der Waals surface area contributed by atoms with E-state index in [1.807, 2.05) is 6.92 Å². The zero-order valence-corrected chi connectivity index (χ0v) is 8.65. The number of nitrogens with zero attached hydrogens (tertiary/aromatic N) is 3. The molecular weight excluding hydrogens is 196 g/mol. The van der Waals surface area contributed by atoms with Gasteiger partial charge in [-0.2, -0.15) is 5.10 Å². The van der Waals surface area contributed by atoms with Gasteiger partial charge in [0.2, 0.25) is 5.82 Å². The summed E-state index contributed by atoms with van der Waals surface area (Å²) in [4.78, 5) is 10.4. The predicted octanol–water partition coefficient (Wildman–Crippen LogP) is 0.936. The molecule has 0 aliphatic carbocycles. The molecule has 1 rings (SSSR count). The fraction of sp³-hybridized carbons (Fsp3) is 0.444. The van der Waals surface area contributed by atoms with Crippen LogP contribution in [0.5, 0.6) is 0 Å². The Morgan fingerprint density at radius 2 is 2.40 bits per heavy atom. The van der Waals surface area contributed by atoms with Gasteiger partial charge in [0.15, 0.2) is 0 Å². The van der Waals surface area contributed by atoms with Gasteiger partial charge in [-0.15, -0.1) is 6.42 Å². The Kier molecular flexibility index (Phi) is 3.29. The second-order valence-corrected chi connectivity index (χ2v) is 2.94. The molecule has 0 amide bonds. The summed E-state index contributed by atoms with van der Waals surface area (Å²) >= 11 is 0. The van der Waals surface area contributed by atoms with Gasteiger partial charge >= 0.3 is 5.69 Å². The first kappa shape index (κ1) is 11.0. The van der Waals surface area contributed by atoms with Crippen molar-refractivity contribution in [3.8, 4) is 12.3 Å². The summed E-state index contributed by atoms with van der Waals surface area (Å²) in [5.41, 5.74) is 0.470. The topological polar surface area (TPSA) is 73.0 Å². The summed E-state index contributed by atoms with van der Waals surface area (Å²) in [6.45, 7) is 2.06. The van der Waals surface area contributed by atoms with Gasteiger partial charge in [0, 0.05) is 7.05 Å². The summed E-state index contributed by atoms with van der Waals surface area (Å²) in [5, 5.41) is 17.7. The summed E-state index contributed by atoms with van der Waals surface area (Å²) in [6, 6.07) is 0. The van der Waals surface area contributed by atoms with Crippen LogP contribution >= 0.6 is 0 Å². The van der Waals surface area contributed by atoms with Crippen molar-refractivity contribution in [1.82, 2.24) is 9.78 Å². The van der Waals surface area contributed by atoms with Crippen molar-refractivity contribution in [2.24, 2.45) is 7.05 Å². The molecule has 15 heavy (non-hydrogen) atoms. The molecule has 1 aromatic heterocycles. The standard InChI is InChI=1S/C9H12N4O2/c1-4-6-10-9-8(13(14)15)7(5-2)11-12(9)3/h1,10H,5-6H2,2-3H3. The van der Waals surface area contributed by atoms with E-state index in [2.05, 4.69) is 16.3 Å². The Hall–Kier alpha value is -2.03. The monoisotopic (exact) mass is 208 g/mol. The minimum atomic E-state index is -0.440. The van der Waals surface area contributed by atoms with Gasteiger partial charge in [-0.25, -0.2) is 4.68 Å². The fourth-order valence-corrected chi connectivity index (χ4v) is 1.33. The lowest BCUT2D eigenvalue weighted by Gasteiger charge is -2.00.